The Labute approximate surface area is 117 Å². The number of benzene rings is 1. The Kier molecular flexibility index (Phi) is 3.93. The Morgan fingerprint density at radius 1 is 1.50 bits per heavy atom. The molecule has 0 saturated carbocycles. The van der Waals surface area contributed by atoms with Crippen molar-refractivity contribution < 1.29 is 4.79 Å². The van der Waals surface area contributed by atoms with E-state index in [1.807, 2.05) is 39.0 Å². The number of fused-ring (bicyclic) bond motifs is 1. The van der Waals surface area contributed by atoms with Crippen LogP contribution in [0.1, 0.15) is 32.3 Å². The van der Waals surface area contributed by atoms with E-state index in [1.165, 1.54) is 4.90 Å². The van der Waals surface area contributed by atoms with Gasteiger partial charge < -0.3 is 5.32 Å². The molecule has 1 heterocycles. The summed E-state index contributed by atoms with van der Waals surface area (Å²) in [7, 11) is 0. The van der Waals surface area contributed by atoms with Gasteiger partial charge in [0.05, 0.1) is 16.8 Å². The zero-order valence-electron chi connectivity index (χ0n) is 10.9. The number of carbonyl (C=O) groups is 1. The van der Waals surface area contributed by atoms with E-state index in [0.717, 1.165) is 11.3 Å². The van der Waals surface area contributed by atoms with Gasteiger partial charge >= 0.3 is 0 Å². The highest BCUT2D eigenvalue weighted by Gasteiger charge is 2.33. The Morgan fingerprint density at radius 2 is 2.17 bits per heavy atom. The van der Waals surface area contributed by atoms with E-state index < -0.39 is 0 Å². The third kappa shape index (κ3) is 2.67. The lowest BCUT2D eigenvalue weighted by molar-refractivity contribution is -0.123. The molecule has 1 aromatic rings. The van der Waals surface area contributed by atoms with Crippen molar-refractivity contribution >= 4 is 29.3 Å². The lowest BCUT2D eigenvalue weighted by Gasteiger charge is -2.30. The average Bonchev–Trinajstić information content (AvgIpc) is 2.71. The second kappa shape index (κ2) is 5.14. The van der Waals surface area contributed by atoms with Crippen LogP contribution in [0.2, 0.25) is 0 Å². The molecule has 2 unspecified atom stereocenters. The van der Waals surface area contributed by atoms with Crippen LogP contribution in [0.15, 0.2) is 29.2 Å². The molecule has 2 rings (SSSR count). The first kappa shape index (κ1) is 13.8. The number of nitrogens with one attached hydrogen (secondary N) is 1. The number of hydrogen-bond donors (Lipinski definition) is 1. The number of hydrogen-bond acceptors (Lipinski definition) is 2. The zero-order valence-corrected chi connectivity index (χ0v) is 12.4. The van der Waals surface area contributed by atoms with E-state index in [-0.39, 0.29) is 22.7 Å². The minimum absolute atomic E-state index is 0.0547. The summed E-state index contributed by atoms with van der Waals surface area (Å²) < 4.78 is 0. The first-order valence-electron chi connectivity index (χ1n) is 6.09. The van der Waals surface area contributed by atoms with Gasteiger partial charge in [0.15, 0.2) is 0 Å². The van der Waals surface area contributed by atoms with Gasteiger partial charge in [0.2, 0.25) is 5.91 Å². The van der Waals surface area contributed by atoms with E-state index in [9.17, 15) is 4.79 Å². The minimum Gasteiger partial charge on any atom is -0.349 e. The van der Waals surface area contributed by atoms with Gasteiger partial charge in [-0.1, -0.05) is 18.2 Å². The summed E-state index contributed by atoms with van der Waals surface area (Å²) in [6, 6.07) is 8.11. The highest BCUT2D eigenvalue weighted by Crippen LogP contribution is 2.39. The van der Waals surface area contributed by atoms with Crippen molar-refractivity contribution in [2.45, 2.75) is 42.5 Å². The van der Waals surface area contributed by atoms with Gasteiger partial charge in [-0.25, -0.2) is 0 Å². The van der Waals surface area contributed by atoms with Crippen LogP contribution in [-0.2, 0) is 4.79 Å². The molecule has 2 nitrogen and oxygen atoms in total. The van der Waals surface area contributed by atoms with Crippen molar-refractivity contribution in [3.63, 3.8) is 0 Å². The molecule has 0 aliphatic carbocycles. The van der Waals surface area contributed by atoms with E-state index in [2.05, 4.69) is 11.4 Å². The van der Waals surface area contributed by atoms with Crippen LogP contribution in [0, 0.1) is 0 Å². The molecule has 0 radical (unpaired) electrons. The second-order valence-electron chi connectivity index (χ2n) is 5.23. The van der Waals surface area contributed by atoms with E-state index >= 15 is 0 Å². The summed E-state index contributed by atoms with van der Waals surface area (Å²) >= 11 is 7.85. The topological polar surface area (TPSA) is 29.1 Å². The van der Waals surface area contributed by atoms with Crippen LogP contribution in [0.5, 0.6) is 0 Å². The van der Waals surface area contributed by atoms with Crippen molar-refractivity contribution in [2.75, 3.05) is 5.75 Å². The van der Waals surface area contributed by atoms with Gasteiger partial charge in [0, 0.05) is 10.6 Å². The van der Waals surface area contributed by atoms with E-state index in [4.69, 9.17) is 11.6 Å². The van der Waals surface area contributed by atoms with Crippen molar-refractivity contribution in [3.8, 4) is 0 Å². The third-order valence-corrected chi connectivity index (χ3v) is 5.18. The first-order chi connectivity index (χ1) is 8.42. The predicted molar refractivity (Wildman–Crippen MR) is 77.4 cm³/mol. The van der Waals surface area contributed by atoms with Crippen molar-refractivity contribution in [3.05, 3.63) is 29.8 Å². The van der Waals surface area contributed by atoms with Crippen LogP contribution in [-0.4, -0.2) is 22.6 Å². The van der Waals surface area contributed by atoms with Crippen LogP contribution in [0.25, 0.3) is 0 Å². The molecule has 2 atom stereocenters. The summed E-state index contributed by atoms with van der Waals surface area (Å²) in [5, 5.41) is 2.95. The number of alkyl halides is 1. The number of carbonyl (C=O) groups excluding carboxylic acids is 1. The number of amides is 1. The SMILES string of the molecule is CC(Cl)C(C)(C)NC(=O)C1CSc2ccccc21. The maximum atomic E-state index is 12.3. The monoisotopic (exact) mass is 283 g/mol. The Morgan fingerprint density at radius 3 is 2.83 bits per heavy atom. The normalized spacial score (nSPS) is 20.3. The molecule has 1 aromatic carbocycles. The van der Waals surface area contributed by atoms with Crippen molar-refractivity contribution in [2.24, 2.45) is 0 Å². The van der Waals surface area contributed by atoms with Crippen LogP contribution in [0.4, 0.5) is 0 Å². The molecule has 0 bridgehead atoms. The fourth-order valence-electron chi connectivity index (χ4n) is 1.88. The molecule has 0 saturated heterocycles. The van der Waals surface area contributed by atoms with Crippen molar-refractivity contribution in [1.29, 1.82) is 0 Å². The Bertz CT molecular complexity index is 459. The van der Waals surface area contributed by atoms with Crippen LogP contribution < -0.4 is 5.32 Å². The van der Waals surface area contributed by atoms with Gasteiger partial charge in [-0.3, -0.25) is 4.79 Å². The number of halogens is 1. The summed E-state index contributed by atoms with van der Waals surface area (Å²) in [6.07, 6.45) is 0. The molecule has 98 valence electrons. The lowest BCUT2D eigenvalue weighted by Crippen LogP contribution is -2.50. The lowest BCUT2D eigenvalue weighted by atomic mass is 9.96. The molecule has 1 N–H and O–H groups in total. The zero-order chi connectivity index (χ0) is 13.3. The summed E-state index contributed by atoms with van der Waals surface area (Å²) in [6.45, 7) is 5.81. The highest BCUT2D eigenvalue weighted by molar-refractivity contribution is 7.99. The molecule has 0 aromatic heterocycles. The molecule has 18 heavy (non-hydrogen) atoms. The summed E-state index contributed by atoms with van der Waals surface area (Å²) in [4.78, 5) is 13.6. The quantitative estimate of drug-likeness (QED) is 0.862. The molecule has 0 spiro atoms. The summed E-state index contributed by atoms with van der Waals surface area (Å²) in [5.74, 6) is 0.837. The van der Waals surface area contributed by atoms with Gasteiger partial charge in [-0.05, 0) is 32.4 Å². The third-order valence-electron chi connectivity index (χ3n) is 3.46. The molecular weight excluding hydrogens is 266 g/mol. The minimum atomic E-state index is -0.388. The van der Waals surface area contributed by atoms with Crippen LogP contribution >= 0.6 is 23.4 Å². The number of thioether (sulfide) groups is 1. The molecule has 1 aliphatic heterocycles. The molecular formula is C14H18ClNOS. The Hall–Kier alpha value is -0.670. The molecule has 0 fully saturated rings. The first-order valence-corrected chi connectivity index (χ1v) is 7.52. The van der Waals surface area contributed by atoms with Gasteiger partial charge in [0.1, 0.15) is 0 Å². The smallest absolute Gasteiger partial charge is 0.228 e. The Balaban J connectivity index is 2.13. The second-order valence-corrected chi connectivity index (χ2v) is 6.94. The van der Waals surface area contributed by atoms with Gasteiger partial charge in [0.25, 0.3) is 0 Å². The molecule has 1 aliphatic rings. The fraction of sp³-hybridized carbons (Fsp3) is 0.500. The highest BCUT2D eigenvalue weighted by atomic mass is 35.5. The maximum Gasteiger partial charge on any atom is 0.228 e. The predicted octanol–water partition coefficient (Wildman–Crippen LogP) is 3.40. The van der Waals surface area contributed by atoms with Gasteiger partial charge in [-0.15, -0.1) is 23.4 Å². The fourth-order valence-corrected chi connectivity index (χ4v) is 3.17. The van der Waals surface area contributed by atoms with Crippen molar-refractivity contribution in [1.82, 2.24) is 5.32 Å². The van der Waals surface area contributed by atoms with Crippen LogP contribution in [0.3, 0.4) is 0 Å². The van der Waals surface area contributed by atoms with Gasteiger partial charge in [-0.2, -0.15) is 0 Å². The maximum absolute atomic E-state index is 12.3. The van der Waals surface area contributed by atoms with E-state index in [0.29, 0.717) is 0 Å². The standard InChI is InChI=1S/C14H18ClNOS/c1-9(15)14(2,3)16-13(17)11-8-18-12-7-5-4-6-10(11)12/h4-7,9,11H,8H2,1-3H3,(H,16,17). The largest absolute Gasteiger partial charge is 0.349 e. The number of rotatable bonds is 3. The summed E-state index contributed by atoms with van der Waals surface area (Å²) in [5.41, 5.74) is 0.749. The van der Waals surface area contributed by atoms with E-state index in [1.54, 1.807) is 11.8 Å². The molecule has 1 amide bonds. The molecule has 4 heteroatoms. The average molecular weight is 284 g/mol.